The van der Waals surface area contributed by atoms with Crippen LogP contribution in [-0.2, 0) is 17.8 Å². The minimum Gasteiger partial charge on any atom is -0.355 e. The fraction of sp³-hybridized carbons (Fsp3) is 0.542. The van der Waals surface area contributed by atoms with Crippen LogP contribution in [0.25, 0.3) is 0 Å². The summed E-state index contributed by atoms with van der Waals surface area (Å²) >= 11 is 0. The molecular formula is C24H33N5O. The van der Waals surface area contributed by atoms with Crippen LogP contribution in [0.5, 0.6) is 0 Å². The molecule has 2 aliphatic rings. The molecule has 1 aromatic heterocycles. The fourth-order valence-electron chi connectivity index (χ4n) is 4.38. The summed E-state index contributed by atoms with van der Waals surface area (Å²) in [5, 5.41) is 12.0. The number of amides is 1. The summed E-state index contributed by atoms with van der Waals surface area (Å²) in [4.78, 5) is 17.2. The van der Waals surface area contributed by atoms with E-state index in [4.69, 9.17) is 0 Å². The lowest BCUT2D eigenvalue weighted by molar-refractivity contribution is -0.125. The molecule has 30 heavy (non-hydrogen) atoms. The van der Waals surface area contributed by atoms with Crippen LogP contribution in [0.1, 0.15) is 50.2 Å². The SMILES string of the molecule is CCc1ccc(CNC(=O)C2CCN(c3ccc(N4CCCCC4)nn3)CC2)cc1. The second-order valence-corrected chi connectivity index (χ2v) is 8.45. The maximum atomic E-state index is 12.6. The van der Waals surface area contributed by atoms with Crippen molar-refractivity contribution in [2.75, 3.05) is 36.0 Å². The third kappa shape index (κ3) is 5.10. The number of carbonyl (C=O) groups excluding carboxylic acids is 1. The van der Waals surface area contributed by atoms with Gasteiger partial charge in [-0.15, -0.1) is 10.2 Å². The first-order chi connectivity index (χ1) is 14.7. The standard InChI is InChI=1S/C24H33N5O/c1-2-19-6-8-20(9-7-19)18-25-24(30)21-12-16-29(17-13-21)23-11-10-22(26-27-23)28-14-4-3-5-15-28/h6-11,21H,2-5,12-18H2,1H3,(H,25,30). The summed E-state index contributed by atoms with van der Waals surface area (Å²) in [7, 11) is 0. The Morgan fingerprint density at radius 1 is 0.867 bits per heavy atom. The topological polar surface area (TPSA) is 61.4 Å². The zero-order valence-electron chi connectivity index (χ0n) is 18.0. The number of nitrogens with one attached hydrogen (secondary N) is 1. The number of aryl methyl sites for hydroxylation is 1. The molecule has 0 radical (unpaired) electrons. The van der Waals surface area contributed by atoms with Crippen LogP contribution in [0.2, 0.25) is 0 Å². The van der Waals surface area contributed by atoms with Crippen molar-refractivity contribution in [1.82, 2.24) is 15.5 Å². The third-order valence-corrected chi connectivity index (χ3v) is 6.40. The Morgan fingerprint density at radius 3 is 2.00 bits per heavy atom. The lowest BCUT2D eigenvalue weighted by Gasteiger charge is -2.32. The molecule has 1 amide bonds. The number of rotatable bonds is 6. The van der Waals surface area contributed by atoms with Gasteiger partial charge in [-0.25, -0.2) is 0 Å². The normalized spacial score (nSPS) is 17.8. The summed E-state index contributed by atoms with van der Waals surface area (Å²) in [5.74, 6) is 2.16. The van der Waals surface area contributed by atoms with Gasteiger partial charge in [0.2, 0.25) is 5.91 Å². The molecule has 6 nitrogen and oxygen atoms in total. The summed E-state index contributed by atoms with van der Waals surface area (Å²) in [6.45, 7) is 6.61. The van der Waals surface area contributed by atoms with Crippen molar-refractivity contribution < 1.29 is 4.79 Å². The smallest absolute Gasteiger partial charge is 0.223 e. The Hall–Kier alpha value is -2.63. The van der Waals surface area contributed by atoms with Gasteiger partial charge >= 0.3 is 0 Å². The molecule has 2 fully saturated rings. The highest BCUT2D eigenvalue weighted by Crippen LogP contribution is 2.24. The highest BCUT2D eigenvalue weighted by atomic mass is 16.1. The minimum atomic E-state index is 0.0803. The van der Waals surface area contributed by atoms with Gasteiger partial charge in [0.05, 0.1) is 0 Å². The quantitative estimate of drug-likeness (QED) is 0.793. The van der Waals surface area contributed by atoms with E-state index in [1.807, 2.05) is 0 Å². The van der Waals surface area contributed by atoms with Gasteiger partial charge in [-0.1, -0.05) is 31.2 Å². The summed E-state index contributed by atoms with van der Waals surface area (Å²) in [5.41, 5.74) is 2.48. The molecule has 6 heteroatoms. The van der Waals surface area contributed by atoms with Gasteiger partial charge in [0.25, 0.3) is 0 Å². The Labute approximate surface area is 179 Å². The van der Waals surface area contributed by atoms with Crippen LogP contribution in [-0.4, -0.2) is 42.3 Å². The third-order valence-electron chi connectivity index (χ3n) is 6.40. The molecule has 0 spiro atoms. The van der Waals surface area contributed by atoms with Gasteiger partial charge in [-0.05, 0) is 61.8 Å². The summed E-state index contributed by atoms with van der Waals surface area (Å²) in [6.07, 6.45) is 6.55. The van der Waals surface area contributed by atoms with E-state index in [0.717, 1.165) is 62.6 Å². The Morgan fingerprint density at radius 2 is 1.43 bits per heavy atom. The molecule has 0 saturated carbocycles. The van der Waals surface area contributed by atoms with E-state index < -0.39 is 0 Å². The number of nitrogens with zero attached hydrogens (tertiary/aromatic N) is 4. The predicted octanol–water partition coefficient (Wildman–Crippen LogP) is 3.56. The van der Waals surface area contributed by atoms with Crippen LogP contribution in [0, 0.1) is 5.92 Å². The summed E-state index contributed by atoms with van der Waals surface area (Å²) in [6, 6.07) is 12.7. The van der Waals surface area contributed by atoms with Gasteiger partial charge in [0.15, 0.2) is 11.6 Å². The lowest BCUT2D eigenvalue weighted by atomic mass is 9.96. The van der Waals surface area contributed by atoms with E-state index in [1.165, 1.54) is 24.8 Å². The first kappa shape index (κ1) is 20.6. The molecule has 0 aliphatic carbocycles. The van der Waals surface area contributed by atoms with Gasteiger partial charge in [-0.3, -0.25) is 4.79 Å². The second kappa shape index (κ2) is 9.92. The minimum absolute atomic E-state index is 0.0803. The monoisotopic (exact) mass is 407 g/mol. The van der Waals surface area contributed by atoms with Gasteiger partial charge in [0, 0.05) is 38.6 Å². The maximum Gasteiger partial charge on any atom is 0.223 e. The number of piperidine rings is 2. The van der Waals surface area contributed by atoms with E-state index in [0.29, 0.717) is 6.54 Å². The number of carbonyl (C=O) groups is 1. The molecule has 1 aromatic carbocycles. The van der Waals surface area contributed by atoms with Crippen molar-refractivity contribution in [2.45, 2.75) is 52.0 Å². The van der Waals surface area contributed by atoms with Gasteiger partial charge in [-0.2, -0.15) is 0 Å². The highest BCUT2D eigenvalue weighted by Gasteiger charge is 2.25. The molecule has 1 N–H and O–H groups in total. The Bertz CT molecular complexity index is 806. The fourth-order valence-corrected chi connectivity index (χ4v) is 4.38. The maximum absolute atomic E-state index is 12.6. The van der Waals surface area contributed by atoms with E-state index in [1.54, 1.807) is 0 Å². The molecule has 0 atom stereocenters. The zero-order chi connectivity index (χ0) is 20.8. The number of aromatic nitrogens is 2. The first-order valence-electron chi connectivity index (χ1n) is 11.4. The predicted molar refractivity (Wildman–Crippen MR) is 121 cm³/mol. The van der Waals surface area contributed by atoms with Crippen molar-refractivity contribution >= 4 is 17.5 Å². The molecule has 3 heterocycles. The van der Waals surface area contributed by atoms with E-state index in [2.05, 4.69) is 68.6 Å². The van der Waals surface area contributed by atoms with Crippen molar-refractivity contribution in [3.05, 3.63) is 47.5 Å². The average molecular weight is 408 g/mol. The molecule has 2 saturated heterocycles. The van der Waals surface area contributed by atoms with Crippen LogP contribution in [0.15, 0.2) is 36.4 Å². The van der Waals surface area contributed by atoms with Crippen LogP contribution < -0.4 is 15.1 Å². The van der Waals surface area contributed by atoms with Crippen molar-refractivity contribution in [3.63, 3.8) is 0 Å². The Kier molecular flexibility index (Phi) is 6.82. The molecule has 160 valence electrons. The molecule has 2 aliphatic heterocycles. The summed E-state index contributed by atoms with van der Waals surface area (Å²) < 4.78 is 0. The van der Waals surface area contributed by atoms with E-state index in [-0.39, 0.29) is 11.8 Å². The van der Waals surface area contributed by atoms with Gasteiger partial charge < -0.3 is 15.1 Å². The molecular weight excluding hydrogens is 374 g/mol. The van der Waals surface area contributed by atoms with Crippen molar-refractivity contribution in [3.8, 4) is 0 Å². The van der Waals surface area contributed by atoms with Gasteiger partial charge in [0.1, 0.15) is 0 Å². The number of anilines is 2. The average Bonchev–Trinajstić information content (AvgIpc) is 2.83. The first-order valence-corrected chi connectivity index (χ1v) is 11.4. The highest BCUT2D eigenvalue weighted by molar-refractivity contribution is 5.79. The molecule has 0 unspecified atom stereocenters. The van der Waals surface area contributed by atoms with Crippen LogP contribution in [0.3, 0.4) is 0 Å². The lowest BCUT2D eigenvalue weighted by Crippen LogP contribution is -2.40. The molecule has 2 aromatic rings. The molecule has 0 bridgehead atoms. The zero-order valence-corrected chi connectivity index (χ0v) is 18.0. The van der Waals surface area contributed by atoms with Crippen LogP contribution in [0.4, 0.5) is 11.6 Å². The van der Waals surface area contributed by atoms with E-state index in [9.17, 15) is 4.79 Å². The Balaban J connectivity index is 1.24. The number of hydrogen-bond acceptors (Lipinski definition) is 5. The van der Waals surface area contributed by atoms with E-state index >= 15 is 0 Å². The van der Waals surface area contributed by atoms with Crippen molar-refractivity contribution in [1.29, 1.82) is 0 Å². The number of benzene rings is 1. The van der Waals surface area contributed by atoms with Crippen LogP contribution >= 0.6 is 0 Å². The number of hydrogen-bond donors (Lipinski definition) is 1. The molecule has 4 rings (SSSR count). The largest absolute Gasteiger partial charge is 0.355 e. The second-order valence-electron chi connectivity index (χ2n) is 8.45. The van der Waals surface area contributed by atoms with Crippen molar-refractivity contribution in [2.24, 2.45) is 5.92 Å².